The third kappa shape index (κ3) is 5.88. The molecule has 6 nitrogen and oxygen atoms in total. The van der Waals surface area contributed by atoms with E-state index in [1.54, 1.807) is 11.8 Å². The number of nitrogens with zero attached hydrogens (tertiary/aromatic N) is 2. The number of oxazole rings is 1. The number of rotatable bonds is 7. The number of allylic oxidation sites excluding steroid dienone is 6. The van der Waals surface area contributed by atoms with Gasteiger partial charge in [0.05, 0.1) is 27.9 Å². The summed E-state index contributed by atoms with van der Waals surface area (Å²) in [7, 11) is -4.05. The summed E-state index contributed by atoms with van der Waals surface area (Å²) < 4.78 is 40.8. The highest BCUT2D eigenvalue weighted by atomic mass is 35.5. The lowest BCUT2D eigenvalue weighted by atomic mass is 9.77. The maximum absolute atomic E-state index is 11.5. The maximum Gasteiger partial charge on any atom is 0.374 e. The van der Waals surface area contributed by atoms with Crippen molar-refractivity contribution < 1.29 is 22.0 Å². The fourth-order valence-corrected chi connectivity index (χ4v) is 8.51. The van der Waals surface area contributed by atoms with E-state index in [0.29, 0.717) is 18.4 Å². The van der Waals surface area contributed by atoms with Gasteiger partial charge < -0.3 is 9.32 Å². The van der Waals surface area contributed by atoms with Gasteiger partial charge >= 0.3 is 5.89 Å². The Balaban J connectivity index is 1.23. The van der Waals surface area contributed by atoms with Gasteiger partial charge in [-0.05, 0) is 97.0 Å². The smallest absolute Gasteiger partial charge is 0.374 e. The second kappa shape index (κ2) is 11.9. The Morgan fingerprint density at radius 2 is 1.93 bits per heavy atom. The topological polar surface area (TPSA) is 74.6 Å². The average Bonchev–Trinajstić information content (AvgIpc) is 3.52. The second-order valence-corrected chi connectivity index (χ2v) is 14.7. The van der Waals surface area contributed by atoms with Crippen molar-refractivity contribution in [3.05, 3.63) is 105 Å². The molecule has 1 atom stereocenters. The minimum absolute atomic E-state index is 0.282. The molecule has 3 aliphatic rings. The van der Waals surface area contributed by atoms with E-state index < -0.39 is 10.1 Å². The quantitative estimate of drug-likeness (QED) is 0.160. The standard InChI is InChI=1S/C35H33ClN2O4S2/c1-2-37-30-22-28(36)13-15-32(30)43-34(37)21-24-9-11-25-10-8-23(18-27(25)19-24)20-33-38(16-5-17-44(39,40)41)35-29-7-4-3-6-26(29)12-14-31(35)42-33/h3-4,6-7,12-15,18-22,25H,2,5,8-11,16-17H2,1H3/p+1. The van der Waals surface area contributed by atoms with Crippen LogP contribution in [0.15, 0.2) is 104 Å². The molecule has 1 aliphatic heterocycles. The Hall–Kier alpha value is -3.30. The number of aromatic nitrogens is 1. The minimum atomic E-state index is -4.05. The number of halogens is 1. The highest BCUT2D eigenvalue weighted by molar-refractivity contribution is 8.03. The monoisotopic (exact) mass is 645 g/mol. The third-order valence-corrected chi connectivity index (χ3v) is 10.9. The Morgan fingerprint density at radius 3 is 2.77 bits per heavy atom. The van der Waals surface area contributed by atoms with Crippen LogP contribution in [0.4, 0.5) is 5.69 Å². The number of aryl methyl sites for hydroxylation is 1. The Kier molecular flexibility index (Phi) is 7.95. The van der Waals surface area contributed by atoms with E-state index >= 15 is 0 Å². The molecule has 1 unspecified atom stereocenters. The van der Waals surface area contributed by atoms with Crippen LogP contribution >= 0.6 is 23.4 Å². The molecule has 0 saturated carbocycles. The summed E-state index contributed by atoms with van der Waals surface area (Å²) in [4.78, 5) is 3.58. The summed E-state index contributed by atoms with van der Waals surface area (Å²) >= 11 is 8.12. The zero-order valence-electron chi connectivity index (χ0n) is 24.5. The zero-order chi connectivity index (χ0) is 30.4. The third-order valence-electron chi connectivity index (χ3n) is 8.76. The van der Waals surface area contributed by atoms with Crippen LogP contribution in [0.3, 0.4) is 0 Å². The van der Waals surface area contributed by atoms with Crippen LogP contribution in [0.1, 0.15) is 44.9 Å². The normalized spacial score (nSPS) is 20.3. The van der Waals surface area contributed by atoms with Crippen LogP contribution in [-0.4, -0.2) is 25.3 Å². The molecule has 9 heteroatoms. The van der Waals surface area contributed by atoms with Crippen molar-refractivity contribution in [2.24, 2.45) is 5.92 Å². The first-order chi connectivity index (χ1) is 21.3. The van der Waals surface area contributed by atoms with Crippen molar-refractivity contribution in [1.82, 2.24) is 0 Å². The number of fused-ring (bicyclic) bond motifs is 5. The van der Waals surface area contributed by atoms with E-state index in [1.165, 1.54) is 32.3 Å². The van der Waals surface area contributed by atoms with Crippen molar-refractivity contribution in [3.8, 4) is 0 Å². The summed E-state index contributed by atoms with van der Waals surface area (Å²) in [6, 6.07) is 18.3. The minimum Gasteiger partial charge on any atom is -0.398 e. The van der Waals surface area contributed by atoms with Crippen molar-refractivity contribution in [1.29, 1.82) is 0 Å². The van der Waals surface area contributed by atoms with Crippen molar-refractivity contribution in [3.63, 3.8) is 0 Å². The molecule has 7 rings (SSSR count). The molecule has 0 amide bonds. The fourth-order valence-electron chi connectivity index (χ4n) is 6.67. The summed E-state index contributed by atoms with van der Waals surface area (Å²) in [5.41, 5.74) is 6.76. The predicted molar refractivity (Wildman–Crippen MR) is 179 cm³/mol. The first-order valence-electron chi connectivity index (χ1n) is 15.1. The van der Waals surface area contributed by atoms with E-state index in [4.69, 9.17) is 16.0 Å². The summed E-state index contributed by atoms with van der Waals surface area (Å²) in [5.74, 6) is 0.940. The highest BCUT2D eigenvalue weighted by Gasteiger charge is 2.28. The predicted octanol–water partition coefficient (Wildman–Crippen LogP) is 8.72. The van der Waals surface area contributed by atoms with Gasteiger partial charge in [0.15, 0.2) is 6.54 Å². The largest absolute Gasteiger partial charge is 0.398 e. The lowest BCUT2D eigenvalue weighted by Crippen LogP contribution is -2.36. The van der Waals surface area contributed by atoms with Crippen LogP contribution in [0.2, 0.25) is 5.02 Å². The number of hydrogen-bond acceptors (Lipinski definition) is 5. The molecule has 0 bridgehead atoms. The first kappa shape index (κ1) is 29.4. The fraction of sp³-hybridized carbons (Fsp3) is 0.286. The number of anilines is 1. The van der Waals surface area contributed by atoms with Crippen LogP contribution in [0.5, 0.6) is 0 Å². The highest BCUT2D eigenvalue weighted by Crippen LogP contribution is 2.48. The Labute approximate surface area is 267 Å². The van der Waals surface area contributed by atoms with Crippen molar-refractivity contribution >= 4 is 67.1 Å². The van der Waals surface area contributed by atoms with Gasteiger partial charge in [-0.3, -0.25) is 4.55 Å². The van der Waals surface area contributed by atoms with Gasteiger partial charge in [0, 0.05) is 22.9 Å². The van der Waals surface area contributed by atoms with Gasteiger partial charge in [-0.2, -0.15) is 13.0 Å². The van der Waals surface area contributed by atoms with E-state index in [9.17, 15) is 13.0 Å². The van der Waals surface area contributed by atoms with Gasteiger partial charge in [0.1, 0.15) is 0 Å². The van der Waals surface area contributed by atoms with E-state index in [0.717, 1.165) is 59.1 Å². The van der Waals surface area contributed by atoms with Gasteiger partial charge in [-0.15, -0.1) is 0 Å². The molecule has 44 heavy (non-hydrogen) atoms. The van der Waals surface area contributed by atoms with Crippen LogP contribution in [-0.2, 0) is 16.7 Å². The van der Waals surface area contributed by atoms with Gasteiger partial charge in [0.25, 0.3) is 15.6 Å². The van der Waals surface area contributed by atoms with Crippen molar-refractivity contribution in [2.45, 2.75) is 50.5 Å². The van der Waals surface area contributed by atoms with Crippen molar-refractivity contribution in [2.75, 3.05) is 17.2 Å². The van der Waals surface area contributed by atoms with Crippen LogP contribution < -0.4 is 9.47 Å². The molecule has 4 aromatic rings. The zero-order valence-corrected chi connectivity index (χ0v) is 26.9. The summed E-state index contributed by atoms with van der Waals surface area (Å²) in [5, 5.41) is 4.14. The molecule has 1 aromatic heterocycles. The molecule has 0 fully saturated rings. The molecule has 1 N–H and O–H groups in total. The molecule has 0 saturated heterocycles. The van der Waals surface area contributed by atoms with Gasteiger partial charge in [0.2, 0.25) is 5.58 Å². The first-order valence-corrected chi connectivity index (χ1v) is 17.9. The Morgan fingerprint density at radius 1 is 1.09 bits per heavy atom. The van der Waals surface area contributed by atoms with Gasteiger partial charge in [-0.1, -0.05) is 59.8 Å². The lowest BCUT2D eigenvalue weighted by Gasteiger charge is -2.28. The molecular formula is C35H34ClN2O4S2+. The summed E-state index contributed by atoms with van der Waals surface area (Å²) in [6.07, 6.45) is 13.6. The van der Waals surface area contributed by atoms with E-state index in [1.807, 2.05) is 30.3 Å². The SMILES string of the molecule is CCN1/C(=C/C2=CC3=C/C(=C/c4oc5ccc6ccccc6c5[n+]4CCCS(=O)(=O)O)CCC3CC2)Sc2ccc(Cl)cc21. The molecule has 2 heterocycles. The number of benzene rings is 3. The number of thioether (sulfide) groups is 1. The second-order valence-electron chi connectivity index (χ2n) is 11.7. The molecule has 0 radical (unpaired) electrons. The Bertz CT molecular complexity index is 2020. The van der Waals surface area contributed by atoms with E-state index in [2.05, 4.69) is 65.0 Å². The van der Waals surface area contributed by atoms with Crippen LogP contribution in [0, 0.1) is 5.92 Å². The van der Waals surface area contributed by atoms with E-state index in [-0.39, 0.29) is 12.2 Å². The lowest BCUT2D eigenvalue weighted by molar-refractivity contribution is -0.677. The average molecular weight is 646 g/mol. The molecule has 3 aromatic carbocycles. The van der Waals surface area contributed by atoms with Crippen LogP contribution in [0.25, 0.3) is 27.9 Å². The maximum atomic E-state index is 11.5. The molecule has 226 valence electrons. The van der Waals surface area contributed by atoms with Gasteiger partial charge in [-0.25, -0.2) is 0 Å². The molecular weight excluding hydrogens is 612 g/mol. The molecule has 2 aliphatic carbocycles. The molecule has 0 spiro atoms. The summed E-state index contributed by atoms with van der Waals surface area (Å²) in [6.45, 7) is 3.47. The number of hydrogen-bond donors (Lipinski definition) is 1.